The van der Waals surface area contributed by atoms with Crippen LogP contribution in [0.3, 0.4) is 0 Å². The van der Waals surface area contributed by atoms with E-state index in [0.29, 0.717) is 0 Å². The van der Waals surface area contributed by atoms with Gasteiger partial charge in [0.1, 0.15) is 5.75 Å². The molecule has 50 heavy (non-hydrogen) atoms. The van der Waals surface area contributed by atoms with Crippen molar-refractivity contribution in [2.24, 2.45) is 10.8 Å². The first-order valence-corrected chi connectivity index (χ1v) is 18.4. The average molecular weight is 666 g/mol. The molecule has 1 unspecified atom stereocenters. The Balaban J connectivity index is 1.39. The Morgan fingerprint density at radius 1 is 0.800 bits per heavy atom. The highest BCUT2D eigenvalue weighted by Crippen LogP contribution is 2.66. The summed E-state index contributed by atoms with van der Waals surface area (Å²) in [6.07, 6.45) is 10.3. The second-order valence-electron chi connectivity index (χ2n) is 16.7. The van der Waals surface area contributed by atoms with Gasteiger partial charge in [0.25, 0.3) is 0 Å². The van der Waals surface area contributed by atoms with Gasteiger partial charge in [0.2, 0.25) is 0 Å². The van der Waals surface area contributed by atoms with Crippen LogP contribution >= 0.6 is 0 Å². The van der Waals surface area contributed by atoms with Crippen LogP contribution in [0.2, 0.25) is 0 Å². The number of rotatable bonds is 5. The van der Waals surface area contributed by atoms with Crippen molar-refractivity contribution in [2.45, 2.75) is 71.8 Å². The van der Waals surface area contributed by atoms with E-state index in [1.165, 1.54) is 45.5 Å². The van der Waals surface area contributed by atoms with E-state index in [1.54, 1.807) is 7.11 Å². The minimum Gasteiger partial charge on any atom is -0.501 e. The molecule has 1 saturated carbocycles. The first-order valence-electron chi connectivity index (χ1n) is 18.4. The molecule has 0 N–H and O–H groups in total. The summed E-state index contributed by atoms with van der Waals surface area (Å²) in [7, 11) is 1.75. The van der Waals surface area contributed by atoms with Crippen molar-refractivity contribution in [1.82, 2.24) is 0 Å². The number of benzene rings is 4. The van der Waals surface area contributed by atoms with Gasteiger partial charge in [-0.1, -0.05) is 101 Å². The third kappa shape index (κ3) is 5.21. The maximum absolute atomic E-state index is 7.68. The highest BCUT2D eigenvalue weighted by molar-refractivity contribution is 5.93. The number of fused-ring (bicyclic) bond motifs is 7. The van der Waals surface area contributed by atoms with E-state index in [9.17, 15) is 0 Å². The molecule has 4 nitrogen and oxygen atoms in total. The van der Waals surface area contributed by atoms with Crippen LogP contribution in [-0.4, -0.2) is 33.4 Å². The fourth-order valence-corrected chi connectivity index (χ4v) is 10.5. The zero-order valence-electron chi connectivity index (χ0n) is 30.9. The first-order chi connectivity index (χ1) is 24.0. The molecule has 2 heterocycles. The lowest BCUT2D eigenvalue weighted by Crippen LogP contribution is -2.44. The van der Waals surface area contributed by atoms with Gasteiger partial charge in [-0.2, -0.15) is 0 Å². The van der Waals surface area contributed by atoms with Crippen LogP contribution in [-0.2, 0) is 20.5 Å². The van der Waals surface area contributed by atoms with E-state index in [0.717, 1.165) is 67.3 Å². The Morgan fingerprint density at radius 2 is 1.44 bits per heavy atom. The molecule has 8 rings (SSSR count). The number of hydrogen-bond acceptors (Lipinski definition) is 4. The highest BCUT2D eigenvalue weighted by Gasteiger charge is 2.55. The average Bonchev–Trinajstić information content (AvgIpc) is 3.37. The van der Waals surface area contributed by atoms with Crippen molar-refractivity contribution >= 4 is 17.8 Å². The van der Waals surface area contributed by atoms with Crippen LogP contribution in [0.25, 0.3) is 23.3 Å². The molecule has 1 saturated heterocycles. The van der Waals surface area contributed by atoms with Crippen molar-refractivity contribution in [2.75, 3.05) is 38.3 Å². The standard InChI is InChI=1S/C46H51NO3/c1-31(48-7)27-38-32(2)40-36-15-11-12-16-39(36)45(29-43(3,4)28-44(5,6)30-45)41(40)37-21-22-46(50-42(37)38,33-13-9-8-10-14-33)34-17-19-35(20-18-34)47-23-25-49-26-24-47/h8-22,27H,23-26,28-30H2,1-7H3/b31-27+. The Morgan fingerprint density at radius 3 is 2.12 bits per heavy atom. The topological polar surface area (TPSA) is 30.9 Å². The van der Waals surface area contributed by atoms with Crippen LogP contribution in [0.5, 0.6) is 5.75 Å². The molecule has 4 aromatic rings. The number of methoxy groups -OCH3 is 1. The van der Waals surface area contributed by atoms with Gasteiger partial charge in [-0.3, -0.25) is 0 Å². The SMILES string of the molecule is CO/C(C)=C/c1c(C)c2c(c3c1OC(c1ccccc1)(c1ccc(N4CCOCC4)cc1)C=C3)C1(CC(C)(C)CC(C)(C)C1)c1ccccc1-2. The fourth-order valence-electron chi connectivity index (χ4n) is 10.5. The fraction of sp³-hybridized carbons (Fsp3) is 0.391. The van der Waals surface area contributed by atoms with Gasteiger partial charge in [-0.05, 0) is 96.0 Å². The molecular formula is C46H51NO3. The lowest BCUT2D eigenvalue weighted by atomic mass is 9.52. The van der Waals surface area contributed by atoms with Gasteiger partial charge in [0.05, 0.1) is 26.1 Å². The Bertz CT molecular complexity index is 1980. The Kier molecular flexibility index (Phi) is 7.84. The maximum Gasteiger partial charge on any atom is 0.178 e. The minimum atomic E-state index is -0.814. The predicted octanol–water partition coefficient (Wildman–Crippen LogP) is 10.7. The maximum atomic E-state index is 7.68. The van der Waals surface area contributed by atoms with Crippen molar-refractivity contribution in [3.05, 3.63) is 130 Å². The van der Waals surface area contributed by atoms with E-state index in [1.807, 2.05) is 6.92 Å². The summed E-state index contributed by atoms with van der Waals surface area (Å²) in [5.74, 6) is 1.80. The van der Waals surface area contributed by atoms with Gasteiger partial charge >= 0.3 is 0 Å². The van der Waals surface area contributed by atoms with Crippen LogP contribution in [0.1, 0.15) is 92.8 Å². The summed E-state index contributed by atoms with van der Waals surface area (Å²) in [5.41, 5.74) is 12.1. The molecule has 0 amide bonds. The van der Waals surface area contributed by atoms with Crippen molar-refractivity contribution in [3.63, 3.8) is 0 Å². The number of allylic oxidation sites excluding steroid dienone is 1. The molecule has 258 valence electrons. The van der Waals surface area contributed by atoms with Gasteiger partial charge in [-0.25, -0.2) is 0 Å². The Hall–Kier alpha value is -4.28. The van der Waals surface area contributed by atoms with Crippen LogP contribution < -0.4 is 9.64 Å². The smallest absolute Gasteiger partial charge is 0.178 e. The summed E-state index contributed by atoms with van der Waals surface area (Å²) in [6, 6.07) is 28.9. The second kappa shape index (κ2) is 11.9. The number of morpholine rings is 1. The van der Waals surface area contributed by atoms with Crippen molar-refractivity contribution in [1.29, 1.82) is 0 Å². The third-order valence-corrected chi connectivity index (χ3v) is 11.8. The zero-order chi connectivity index (χ0) is 34.9. The molecule has 0 bridgehead atoms. The van der Waals surface area contributed by atoms with E-state index >= 15 is 0 Å². The van der Waals surface area contributed by atoms with Gasteiger partial charge in [0.15, 0.2) is 5.60 Å². The minimum absolute atomic E-state index is 0.120. The summed E-state index contributed by atoms with van der Waals surface area (Å²) in [6.45, 7) is 17.6. The number of nitrogens with zero attached hydrogens (tertiary/aromatic N) is 1. The summed E-state index contributed by atoms with van der Waals surface area (Å²) < 4.78 is 19.1. The second-order valence-corrected chi connectivity index (χ2v) is 16.7. The van der Waals surface area contributed by atoms with Crippen LogP contribution in [0, 0.1) is 17.8 Å². The molecule has 0 radical (unpaired) electrons. The molecule has 4 aromatic carbocycles. The molecule has 2 fully saturated rings. The lowest BCUT2D eigenvalue weighted by molar-refractivity contribution is 0.0641. The van der Waals surface area contributed by atoms with Gasteiger partial charge in [-0.15, -0.1) is 0 Å². The molecule has 2 aliphatic carbocycles. The first kappa shape index (κ1) is 32.9. The lowest BCUT2D eigenvalue weighted by Gasteiger charge is -2.52. The normalized spacial score (nSPS) is 22.8. The van der Waals surface area contributed by atoms with E-state index in [2.05, 4.69) is 137 Å². The molecule has 4 aliphatic rings. The molecule has 0 aromatic heterocycles. The summed E-state index contributed by atoms with van der Waals surface area (Å²) in [4.78, 5) is 2.41. The van der Waals surface area contributed by atoms with Crippen LogP contribution in [0.15, 0.2) is 90.7 Å². The zero-order valence-corrected chi connectivity index (χ0v) is 30.9. The van der Waals surface area contributed by atoms with E-state index in [4.69, 9.17) is 14.2 Å². The van der Waals surface area contributed by atoms with Gasteiger partial charge < -0.3 is 19.1 Å². The van der Waals surface area contributed by atoms with E-state index in [-0.39, 0.29) is 16.2 Å². The quantitative estimate of drug-likeness (QED) is 0.199. The summed E-state index contributed by atoms with van der Waals surface area (Å²) in [5, 5.41) is 0. The molecule has 4 heteroatoms. The molecule has 1 atom stereocenters. The predicted molar refractivity (Wildman–Crippen MR) is 206 cm³/mol. The largest absolute Gasteiger partial charge is 0.501 e. The monoisotopic (exact) mass is 665 g/mol. The van der Waals surface area contributed by atoms with Gasteiger partial charge in [0, 0.05) is 46.4 Å². The molecule has 1 spiro atoms. The Labute approximate surface area is 298 Å². The molecule has 2 aliphatic heterocycles. The van der Waals surface area contributed by atoms with Crippen molar-refractivity contribution < 1.29 is 14.2 Å². The van der Waals surface area contributed by atoms with Crippen molar-refractivity contribution in [3.8, 4) is 16.9 Å². The number of ether oxygens (including phenoxy) is 3. The number of hydrogen-bond donors (Lipinski definition) is 0. The van der Waals surface area contributed by atoms with Crippen LogP contribution in [0.4, 0.5) is 5.69 Å². The highest BCUT2D eigenvalue weighted by atomic mass is 16.5. The van der Waals surface area contributed by atoms with E-state index < -0.39 is 5.60 Å². The third-order valence-electron chi connectivity index (χ3n) is 11.8. The summed E-state index contributed by atoms with van der Waals surface area (Å²) >= 11 is 0. The molecular weight excluding hydrogens is 615 g/mol. The number of anilines is 1.